The van der Waals surface area contributed by atoms with Gasteiger partial charge in [-0.05, 0) is 42.8 Å². The highest BCUT2D eigenvalue weighted by Gasteiger charge is 2.32. The van der Waals surface area contributed by atoms with Crippen molar-refractivity contribution in [1.82, 2.24) is 9.21 Å². The number of piperazine rings is 1. The van der Waals surface area contributed by atoms with Crippen LogP contribution in [0, 0.1) is 6.92 Å². The highest BCUT2D eigenvalue weighted by atomic mass is 35.5. The molecule has 2 heterocycles. The summed E-state index contributed by atoms with van der Waals surface area (Å²) in [5.41, 5.74) is 1.49. The van der Waals surface area contributed by atoms with Crippen molar-refractivity contribution in [3.63, 3.8) is 0 Å². The number of fused-ring (bicyclic) bond motifs is 1. The Kier molecular flexibility index (Phi) is 5.44. The molecule has 0 radical (unpaired) electrons. The molecule has 30 heavy (non-hydrogen) atoms. The number of carbonyl (C=O) groups is 2. The molecule has 8 nitrogen and oxygen atoms in total. The lowest BCUT2D eigenvalue weighted by molar-refractivity contribution is -0.118. The van der Waals surface area contributed by atoms with E-state index in [0.29, 0.717) is 27.6 Å². The maximum Gasteiger partial charge on any atom is 0.262 e. The number of nitrogens with zero attached hydrogens (tertiary/aromatic N) is 2. The number of amides is 2. The number of aryl methyl sites for hydroxylation is 1. The zero-order valence-electron chi connectivity index (χ0n) is 16.2. The number of sulfonamides is 1. The average molecular weight is 450 g/mol. The lowest BCUT2D eigenvalue weighted by atomic mass is 10.2. The van der Waals surface area contributed by atoms with Gasteiger partial charge in [0, 0.05) is 42.8 Å². The standard InChI is InChI=1S/C20H20ClN3O5S/c1-13-10-16-17(29-12-19(25)22-16)11-18(13)30(27,28)24-8-6-23(7-9-24)20(26)14-2-4-15(21)5-3-14/h2-5,10-11H,6-9,12H2,1H3,(H,22,25). The van der Waals surface area contributed by atoms with E-state index in [9.17, 15) is 18.0 Å². The van der Waals surface area contributed by atoms with E-state index in [1.807, 2.05) is 0 Å². The molecule has 0 bridgehead atoms. The van der Waals surface area contributed by atoms with Gasteiger partial charge in [-0.3, -0.25) is 9.59 Å². The number of halogens is 1. The molecule has 158 valence electrons. The van der Waals surface area contributed by atoms with Gasteiger partial charge in [0.2, 0.25) is 10.0 Å². The van der Waals surface area contributed by atoms with E-state index in [-0.39, 0.29) is 49.5 Å². The fraction of sp³-hybridized carbons (Fsp3) is 0.300. The van der Waals surface area contributed by atoms with Gasteiger partial charge in [0.05, 0.1) is 10.6 Å². The van der Waals surface area contributed by atoms with E-state index in [0.717, 1.165) is 0 Å². The van der Waals surface area contributed by atoms with Crippen LogP contribution in [0.15, 0.2) is 41.3 Å². The number of hydrogen-bond donors (Lipinski definition) is 1. The number of carbonyl (C=O) groups excluding carboxylic acids is 2. The molecule has 1 N–H and O–H groups in total. The van der Waals surface area contributed by atoms with Crippen molar-refractivity contribution < 1.29 is 22.7 Å². The van der Waals surface area contributed by atoms with Gasteiger partial charge in [-0.15, -0.1) is 0 Å². The fourth-order valence-corrected chi connectivity index (χ4v) is 5.31. The third-order valence-corrected chi connectivity index (χ3v) is 7.44. The van der Waals surface area contributed by atoms with Gasteiger partial charge < -0.3 is 15.0 Å². The van der Waals surface area contributed by atoms with Gasteiger partial charge in [0.15, 0.2) is 6.61 Å². The lowest BCUT2D eigenvalue weighted by Gasteiger charge is -2.34. The minimum absolute atomic E-state index is 0.134. The molecule has 2 aromatic carbocycles. The van der Waals surface area contributed by atoms with Crippen LogP contribution in [0.25, 0.3) is 0 Å². The van der Waals surface area contributed by atoms with Gasteiger partial charge in [-0.25, -0.2) is 8.42 Å². The van der Waals surface area contributed by atoms with Gasteiger partial charge in [0.1, 0.15) is 5.75 Å². The first kappa shape index (κ1) is 20.6. The molecular formula is C20H20ClN3O5S. The molecule has 1 saturated heterocycles. The van der Waals surface area contributed by atoms with E-state index in [2.05, 4.69) is 5.32 Å². The molecule has 1 fully saturated rings. The summed E-state index contributed by atoms with van der Waals surface area (Å²) >= 11 is 5.87. The molecule has 0 unspecified atom stereocenters. The number of hydrogen-bond acceptors (Lipinski definition) is 5. The quantitative estimate of drug-likeness (QED) is 0.774. The number of nitrogens with one attached hydrogen (secondary N) is 1. The van der Waals surface area contributed by atoms with Crippen LogP contribution >= 0.6 is 11.6 Å². The second-order valence-corrected chi connectivity index (χ2v) is 9.50. The molecule has 2 aliphatic heterocycles. The minimum atomic E-state index is -3.77. The van der Waals surface area contributed by atoms with E-state index >= 15 is 0 Å². The monoisotopic (exact) mass is 449 g/mol. The highest BCUT2D eigenvalue weighted by Crippen LogP contribution is 2.34. The lowest BCUT2D eigenvalue weighted by Crippen LogP contribution is -2.50. The molecule has 4 rings (SSSR count). The third-order valence-electron chi connectivity index (χ3n) is 5.14. The molecule has 2 amide bonds. The van der Waals surface area contributed by atoms with E-state index in [1.54, 1.807) is 42.2 Å². The van der Waals surface area contributed by atoms with Crippen LogP contribution in [0.5, 0.6) is 5.75 Å². The van der Waals surface area contributed by atoms with Crippen LogP contribution in [0.2, 0.25) is 5.02 Å². The van der Waals surface area contributed by atoms with Crippen LogP contribution in [-0.2, 0) is 14.8 Å². The van der Waals surface area contributed by atoms with Crippen LogP contribution in [-0.4, -0.2) is 62.2 Å². The van der Waals surface area contributed by atoms with Crippen molar-refractivity contribution in [2.24, 2.45) is 0 Å². The first-order chi connectivity index (χ1) is 14.3. The minimum Gasteiger partial charge on any atom is -0.482 e. The molecule has 0 aliphatic carbocycles. The fourth-order valence-electron chi connectivity index (χ4n) is 3.54. The predicted molar refractivity (Wildman–Crippen MR) is 111 cm³/mol. The Morgan fingerprint density at radius 3 is 2.43 bits per heavy atom. The third kappa shape index (κ3) is 3.88. The first-order valence-corrected chi connectivity index (χ1v) is 11.2. The highest BCUT2D eigenvalue weighted by molar-refractivity contribution is 7.89. The van der Waals surface area contributed by atoms with Crippen molar-refractivity contribution in [3.05, 3.63) is 52.5 Å². The molecule has 0 spiro atoms. The second kappa shape index (κ2) is 7.90. The Morgan fingerprint density at radius 1 is 1.10 bits per heavy atom. The van der Waals surface area contributed by atoms with Crippen LogP contribution in [0.1, 0.15) is 15.9 Å². The van der Waals surface area contributed by atoms with E-state index < -0.39 is 10.0 Å². The summed E-state index contributed by atoms with van der Waals surface area (Å²) in [5.74, 6) is -0.105. The zero-order chi connectivity index (χ0) is 21.5. The summed E-state index contributed by atoms with van der Waals surface area (Å²) < 4.78 is 33.1. The zero-order valence-corrected chi connectivity index (χ0v) is 17.8. The summed E-state index contributed by atoms with van der Waals surface area (Å²) in [6, 6.07) is 9.66. The molecule has 10 heteroatoms. The Labute approximate surface area is 179 Å². The van der Waals surface area contributed by atoms with E-state index in [1.165, 1.54) is 10.4 Å². The molecule has 2 aliphatic rings. The van der Waals surface area contributed by atoms with Gasteiger partial charge in [-0.1, -0.05) is 11.6 Å². The van der Waals surface area contributed by atoms with Crippen molar-refractivity contribution in [2.75, 3.05) is 38.1 Å². The largest absolute Gasteiger partial charge is 0.482 e. The van der Waals surface area contributed by atoms with Gasteiger partial charge >= 0.3 is 0 Å². The molecular weight excluding hydrogens is 430 g/mol. The summed E-state index contributed by atoms with van der Waals surface area (Å²) in [6.07, 6.45) is 0. The Morgan fingerprint density at radius 2 is 1.77 bits per heavy atom. The van der Waals surface area contributed by atoms with Gasteiger partial charge in [-0.2, -0.15) is 4.31 Å². The van der Waals surface area contributed by atoms with Crippen LogP contribution < -0.4 is 10.1 Å². The van der Waals surface area contributed by atoms with Crippen molar-refractivity contribution in [2.45, 2.75) is 11.8 Å². The number of ether oxygens (including phenoxy) is 1. The topological polar surface area (TPSA) is 96.0 Å². The Balaban J connectivity index is 1.50. The SMILES string of the molecule is Cc1cc2c(cc1S(=O)(=O)N1CCN(C(=O)c3ccc(Cl)cc3)CC1)OCC(=O)N2. The van der Waals surface area contributed by atoms with Crippen LogP contribution in [0.3, 0.4) is 0 Å². The average Bonchev–Trinajstić information content (AvgIpc) is 2.73. The number of benzene rings is 2. The predicted octanol–water partition coefficient (Wildman–Crippen LogP) is 2.13. The smallest absolute Gasteiger partial charge is 0.262 e. The molecule has 0 saturated carbocycles. The summed E-state index contributed by atoms with van der Waals surface area (Å²) in [5, 5.41) is 3.22. The van der Waals surface area contributed by atoms with Gasteiger partial charge in [0.25, 0.3) is 11.8 Å². The molecule has 0 atom stereocenters. The molecule has 0 aromatic heterocycles. The summed E-state index contributed by atoms with van der Waals surface area (Å²) in [6.45, 7) is 2.48. The maximum absolute atomic E-state index is 13.2. The maximum atomic E-state index is 13.2. The van der Waals surface area contributed by atoms with Crippen LogP contribution in [0.4, 0.5) is 5.69 Å². The number of anilines is 1. The second-order valence-electron chi connectivity index (χ2n) is 7.15. The Bertz CT molecular complexity index is 1110. The van der Waals surface area contributed by atoms with E-state index in [4.69, 9.17) is 16.3 Å². The van der Waals surface area contributed by atoms with Crippen molar-refractivity contribution >= 4 is 39.1 Å². The summed E-state index contributed by atoms with van der Waals surface area (Å²) in [7, 11) is -3.77. The summed E-state index contributed by atoms with van der Waals surface area (Å²) in [4.78, 5) is 25.9. The Hall–Kier alpha value is -2.62. The van der Waals surface area contributed by atoms with Crippen molar-refractivity contribution in [1.29, 1.82) is 0 Å². The normalized spacial score (nSPS) is 17.1. The molecule has 2 aromatic rings. The van der Waals surface area contributed by atoms with Crippen molar-refractivity contribution in [3.8, 4) is 5.75 Å². The first-order valence-electron chi connectivity index (χ1n) is 9.38. The number of rotatable bonds is 3.